The standard InChI is InChI=1S/C13H24N2O4/c1-12(2)10-9(3-6-19-10)13(12,14)11(17)15-4-7-18-8-5-16/h9-10,16H,3-8,14H2,1-2H3,(H,15,17). The van der Waals surface area contributed by atoms with Crippen LogP contribution in [0.1, 0.15) is 20.3 Å². The molecule has 3 atom stereocenters. The van der Waals surface area contributed by atoms with Crippen molar-refractivity contribution >= 4 is 5.91 Å². The lowest BCUT2D eigenvalue weighted by Gasteiger charge is -2.60. The zero-order valence-electron chi connectivity index (χ0n) is 11.6. The Morgan fingerprint density at radius 3 is 2.95 bits per heavy atom. The smallest absolute Gasteiger partial charge is 0.241 e. The number of hydrogen-bond acceptors (Lipinski definition) is 5. The first-order valence-electron chi connectivity index (χ1n) is 6.83. The molecule has 1 aliphatic heterocycles. The largest absolute Gasteiger partial charge is 0.394 e. The van der Waals surface area contributed by atoms with E-state index in [1.54, 1.807) is 0 Å². The van der Waals surface area contributed by atoms with Crippen LogP contribution in [0, 0.1) is 11.3 Å². The Morgan fingerprint density at radius 1 is 1.53 bits per heavy atom. The minimum atomic E-state index is -0.856. The molecule has 110 valence electrons. The number of carbonyl (C=O) groups excluding carboxylic acids is 1. The molecule has 2 aliphatic rings. The Kier molecular flexibility index (Phi) is 4.15. The van der Waals surface area contributed by atoms with E-state index >= 15 is 0 Å². The second-order valence-corrected chi connectivity index (χ2v) is 5.87. The first kappa shape index (κ1) is 14.7. The van der Waals surface area contributed by atoms with Crippen molar-refractivity contribution in [3.8, 4) is 0 Å². The van der Waals surface area contributed by atoms with Gasteiger partial charge < -0.3 is 25.6 Å². The van der Waals surface area contributed by atoms with Crippen molar-refractivity contribution in [2.45, 2.75) is 31.9 Å². The normalized spacial score (nSPS) is 35.6. The SMILES string of the molecule is CC1(C)C2OCCC2C1(N)C(=O)NCCOCCO. The molecule has 0 aromatic carbocycles. The van der Waals surface area contributed by atoms with E-state index < -0.39 is 5.54 Å². The molecule has 2 fully saturated rings. The zero-order valence-corrected chi connectivity index (χ0v) is 11.6. The second kappa shape index (κ2) is 5.36. The van der Waals surface area contributed by atoms with Gasteiger partial charge in [-0.15, -0.1) is 0 Å². The van der Waals surface area contributed by atoms with Crippen molar-refractivity contribution in [3.63, 3.8) is 0 Å². The summed E-state index contributed by atoms with van der Waals surface area (Å²) in [4.78, 5) is 12.3. The van der Waals surface area contributed by atoms with Gasteiger partial charge in [0.2, 0.25) is 5.91 Å². The molecule has 1 saturated carbocycles. The van der Waals surface area contributed by atoms with Crippen molar-refractivity contribution in [1.82, 2.24) is 5.32 Å². The highest BCUT2D eigenvalue weighted by Gasteiger charge is 2.71. The highest BCUT2D eigenvalue weighted by molar-refractivity contribution is 5.89. The van der Waals surface area contributed by atoms with E-state index in [1.807, 2.05) is 13.8 Å². The lowest BCUT2D eigenvalue weighted by atomic mass is 9.48. The van der Waals surface area contributed by atoms with E-state index in [2.05, 4.69) is 5.32 Å². The molecule has 0 bridgehead atoms. The van der Waals surface area contributed by atoms with Gasteiger partial charge >= 0.3 is 0 Å². The fourth-order valence-corrected chi connectivity index (χ4v) is 3.39. The number of ether oxygens (including phenoxy) is 2. The van der Waals surface area contributed by atoms with Crippen LogP contribution in [0.15, 0.2) is 0 Å². The first-order valence-corrected chi connectivity index (χ1v) is 6.83. The van der Waals surface area contributed by atoms with E-state index in [-0.39, 0.29) is 36.6 Å². The number of nitrogens with two attached hydrogens (primary N) is 1. The van der Waals surface area contributed by atoms with Gasteiger partial charge in [0.05, 0.1) is 25.9 Å². The molecule has 1 amide bonds. The number of nitrogens with one attached hydrogen (secondary N) is 1. The monoisotopic (exact) mass is 272 g/mol. The number of fused-ring (bicyclic) bond motifs is 1. The molecule has 3 unspecified atom stereocenters. The maximum absolute atomic E-state index is 12.3. The molecule has 4 N–H and O–H groups in total. The third-order valence-corrected chi connectivity index (χ3v) is 4.60. The predicted molar refractivity (Wildman–Crippen MR) is 69.5 cm³/mol. The molecule has 0 aromatic heterocycles. The van der Waals surface area contributed by atoms with Gasteiger partial charge in [0, 0.05) is 24.5 Å². The van der Waals surface area contributed by atoms with E-state index in [0.29, 0.717) is 19.8 Å². The van der Waals surface area contributed by atoms with Crippen LogP contribution in [-0.4, -0.2) is 55.6 Å². The summed E-state index contributed by atoms with van der Waals surface area (Å²) in [6.45, 7) is 5.73. The van der Waals surface area contributed by atoms with Crippen molar-refractivity contribution in [2.24, 2.45) is 17.1 Å². The summed E-state index contributed by atoms with van der Waals surface area (Å²) in [5.41, 5.74) is 5.18. The fourth-order valence-electron chi connectivity index (χ4n) is 3.39. The highest BCUT2D eigenvalue weighted by atomic mass is 16.5. The molecule has 1 aliphatic carbocycles. The number of rotatable bonds is 6. The van der Waals surface area contributed by atoms with E-state index in [1.165, 1.54) is 0 Å². The van der Waals surface area contributed by atoms with Gasteiger partial charge in [0.1, 0.15) is 5.54 Å². The Balaban J connectivity index is 1.87. The summed E-state index contributed by atoms with van der Waals surface area (Å²) in [6.07, 6.45) is 0.938. The molecule has 6 nitrogen and oxygen atoms in total. The predicted octanol–water partition coefficient (Wildman–Crippen LogP) is -0.746. The zero-order chi connectivity index (χ0) is 14.1. The van der Waals surface area contributed by atoms with Crippen LogP contribution in [-0.2, 0) is 14.3 Å². The highest BCUT2D eigenvalue weighted by Crippen LogP contribution is 2.58. The third kappa shape index (κ3) is 2.16. The van der Waals surface area contributed by atoms with Gasteiger partial charge in [0.15, 0.2) is 0 Å². The number of aliphatic hydroxyl groups excluding tert-OH is 1. The van der Waals surface area contributed by atoms with Gasteiger partial charge in [-0.3, -0.25) is 4.79 Å². The molecule has 19 heavy (non-hydrogen) atoms. The molecule has 2 rings (SSSR count). The topological polar surface area (TPSA) is 93.8 Å². The average molecular weight is 272 g/mol. The Hall–Kier alpha value is -0.690. The number of carbonyl (C=O) groups is 1. The van der Waals surface area contributed by atoms with E-state index in [4.69, 9.17) is 20.3 Å². The van der Waals surface area contributed by atoms with Crippen LogP contribution >= 0.6 is 0 Å². The van der Waals surface area contributed by atoms with Crippen LogP contribution in [0.3, 0.4) is 0 Å². The van der Waals surface area contributed by atoms with Crippen molar-refractivity contribution in [2.75, 3.05) is 33.0 Å². The van der Waals surface area contributed by atoms with Gasteiger partial charge in [-0.25, -0.2) is 0 Å². The van der Waals surface area contributed by atoms with Crippen LogP contribution < -0.4 is 11.1 Å². The minimum absolute atomic E-state index is 0.0110. The van der Waals surface area contributed by atoms with Crippen LogP contribution in [0.2, 0.25) is 0 Å². The lowest BCUT2D eigenvalue weighted by molar-refractivity contribution is -0.175. The fraction of sp³-hybridized carbons (Fsp3) is 0.923. The van der Waals surface area contributed by atoms with E-state index in [0.717, 1.165) is 6.42 Å². The lowest BCUT2D eigenvalue weighted by Crippen LogP contribution is -2.80. The summed E-state index contributed by atoms with van der Waals surface area (Å²) in [6, 6.07) is 0. The molecule has 1 saturated heterocycles. The maximum atomic E-state index is 12.3. The number of hydrogen-bond donors (Lipinski definition) is 3. The molecule has 6 heteroatoms. The van der Waals surface area contributed by atoms with Crippen molar-refractivity contribution in [1.29, 1.82) is 0 Å². The second-order valence-electron chi connectivity index (χ2n) is 5.87. The van der Waals surface area contributed by atoms with Crippen LogP contribution in [0.4, 0.5) is 0 Å². The Morgan fingerprint density at radius 2 is 2.26 bits per heavy atom. The molecule has 1 heterocycles. The molecular formula is C13H24N2O4. The first-order chi connectivity index (χ1) is 8.96. The summed E-state index contributed by atoms with van der Waals surface area (Å²) in [5.74, 6) is -0.0160. The quantitative estimate of drug-likeness (QED) is 0.553. The summed E-state index contributed by atoms with van der Waals surface area (Å²) < 4.78 is 10.8. The van der Waals surface area contributed by atoms with Gasteiger partial charge in [0.25, 0.3) is 0 Å². The van der Waals surface area contributed by atoms with Gasteiger partial charge in [-0.05, 0) is 6.42 Å². The van der Waals surface area contributed by atoms with Crippen molar-refractivity contribution < 1.29 is 19.4 Å². The van der Waals surface area contributed by atoms with E-state index in [9.17, 15) is 4.79 Å². The van der Waals surface area contributed by atoms with Crippen LogP contribution in [0.5, 0.6) is 0 Å². The maximum Gasteiger partial charge on any atom is 0.241 e. The number of aliphatic hydroxyl groups is 1. The summed E-state index contributed by atoms with van der Waals surface area (Å²) in [5, 5.41) is 11.4. The Labute approximate surface area is 113 Å². The molecule has 0 spiro atoms. The van der Waals surface area contributed by atoms with Gasteiger partial charge in [-0.1, -0.05) is 13.8 Å². The molecular weight excluding hydrogens is 248 g/mol. The molecule has 0 radical (unpaired) electrons. The van der Waals surface area contributed by atoms with Gasteiger partial charge in [-0.2, -0.15) is 0 Å². The summed E-state index contributed by atoms with van der Waals surface area (Å²) in [7, 11) is 0. The minimum Gasteiger partial charge on any atom is -0.394 e. The van der Waals surface area contributed by atoms with Crippen LogP contribution in [0.25, 0.3) is 0 Å². The summed E-state index contributed by atoms with van der Waals surface area (Å²) >= 11 is 0. The Bertz CT molecular complexity index is 348. The molecule has 0 aromatic rings. The third-order valence-electron chi connectivity index (χ3n) is 4.60. The number of amides is 1. The van der Waals surface area contributed by atoms with Crippen molar-refractivity contribution in [3.05, 3.63) is 0 Å². The average Bonchev–Trinajstić information content (AvgIpc) is 2.85.